The van der Waals surface area contributed by atoms with Gasteiger partial charge in [-0.25, -0.2) is 0 Å². The topological polar surface area (TPSA) is 58.4 Å². The molecule has 1 fully saturated rings. The zero-order chi connectivity index (χ0) is 15.1. The minimum Gasteiger partial charge on any atom is -0.330 e. The van der Waals surface area contributed by atoms with Crippen LogP contribution in [0.5, 0.6) is 0 Å². The van der Waals surface area contributed by atoms with Gasteiger partial charge in [-0.15, -0.1) is 0 Å². The van der Waals surface area contributed by atoms with Crippen LogP contribution in [0.3, 0.4) is 0 Å². The molecule has 0 aliphatic carbocycles. The number of nitrogens with two attached hydrogens (primary N) is 1. The van der Waals surface area contributed by atoms with Gasteiger partial charge in [-0.1, -0.05) is 31.9 Å². The molecule has 1 aliphatic rings. The predicted octanol–water partition coefficient (Wildman–Crippen LogP) is 2.60. The molecule has 116 valence electrons. The number of anilines is 1. The fourth-order valence-corrected chi connectivity index (χ4v) is 2.62. The first kappa shape index (κ1) is 16.0. The Labute approximate surface area is 127 Å². The quantitative estimate of drug-likeness (QED) is 0.876. The zero-order valence-electron chi connectivity index (χ0n) is 13.0. The number of nitrogens with zero attached hydrogens (tertiary/aromatic N) is 1. The Morgan fingerprint density at radius 2 is 1.81 bits per heavy atom. The van der Waals surface area contributed by atoms with Gasteiger partial charge in [-0.05, 0) is 43.6 Å². The zero-order valence-corrected chi connectivity index (χ0v) is 13.0. The van der Waals surface area contributed by atoms with E-state index in [1.807, 2.05) is 19.1 Å². The van der Waals surface area contributed by atoms with E-state index >= 15 is 0 Å². The number of likely N-dealkylation sites (tertiary alicyclic amines) is 1. The highest BCUT2D eigenvalue weighted by atomic mass is 16.1. The first-order valence-electron chi connectivity index (χ1n) is 8.01. The fourth-order valence-electron chi connectivity index (χ4n) is 2.62. The third-order valence-corrected chi connectivity index (χ3v) is 4.13. The van der Waals surface area contributed by atoms with Gasteiger partial charge in [0.15, 0.2) is 0 Å². The van der Waals surface area contributed by atoms with Gasteiger partial charge in [0.25, 0.3) is 0 Å². The van der Waals surface area contributed by atoms with Gasteiger partial charge >= 0.3 is 0 Å². The van der Waals surface area contributed by atoms with Gasteiger partial charge < -0.3 is 11.1 Å². The highest BCUT2D eigenvalue weighted by Gasteiger charge is 2.11. The van der Waals surface area contributed by atoms with Crippen molar-refractivity contribution >= 4 is 11.6 Å². The summed E-state index contributed by atoms with van der Waals surface area (Å²) in [7, 11) is 0. The van der Waals surface area contributed by atoms with Gasteiger partial charge in [0.1, 0.15) is 0 Å². The average Bonchev–Trinajstić information content (AvgIpc) is 2.77. The molecule has 1 saturated heterocycles. The number of nitrogens with one attached hydrogen (secondary N) is 1. The molecule has 1 amide bonds. The number of carbonyl (C=O) groups is 1. The molecule has 1 aromatic carbocycles. The van der Waals surface area contributed by atoms with E-state index in [1.54, 1.807) is 0 Å². The Hall–Kier alpha value is -1.39. The summed E-state index contributed by atoms with van der Waals surface area (Å²) in [6, 6.07) is 8.17. The van der Waals surface area contributed by atoms with E-state index in [0.29, 0.717) is 6.54 Å². The van der Waals surface area contributed by atoms with Crippen LogP contribution in [0.25, 0.3) is 0 Å². The fraction of sp³-hybridized carbons (Fsp3) is 0.588. The van der Waals surface area contributed by atoms with E-state index in [9.17, 15) is 4.79 Å². The average molecular weight is 289 g/mol. The molecule has 1 unspecified atom stereocenters. The number of hydrogen-bond donors (Lipinski definition) is 2. The molecule has 0 aromatic heterocycles. The number of amides is 1. The highest BCUT2D eigenvalue weighted by Crippen LogP contribution is 2.15. The summed E-state index contributed by atoms with van der Waals surface area (Å²) in [6.45, 7) is 5.62. The first-order valence-corrected chi connectivity index (χ1v) is 8.01. The minimum absolute atomic E-state index is 0.0160. The molecule has 1 heterocycles. The van der Waals surface area contributed by atoms with Gasteiger partial charge in [0.2, 0.25) is 5.91 Å². The van der Waals surface area contributed by atoms with Crippen molar-refractivity contribution in [1.29, 1.82) is 0 Å². The van der Waals surface area contributed by atoms with E-state index < -0.39 is 0 Å². The summed E-state index contributed by atoms with van der Waals surface area (Å²) in [5.41, 5.74) is 7.66. The van der Waals surface area contributed by atoms with Crippen molar-refractivity contribution in [2.24, 2.45) is 11.7 Å². The summed E-state index contributed by atoms with van der Waals surface area (Å²) in [5, 5.41) is 2.90. The number of carbonyl (C=O) groups excluding carboxylic acids is 1. The first-order chi connectivity index (χ1) is 10.2. The highest BCUT2D eigenvalue weighted by molar-refractivity contribution is 5.92. The van der Waals surface area contributed by atoms with Crippen molar-refractivity contribution in [2.75, 3.05) is 25.0 Å². The molecule has 2 rings (SSSR count). The Morgan fingerprint density at radius 3 is 2.38 bits per heavy atom. The molecule has 1 aromatic rings. The number of benzene rings is 1. The van der Waals surface area contributed by atoms with Crippen LogP contribution in [0.15, 0.2) is 24.3 Å². The molecular formula is C17H27N3O. The standard InChI is InChI=1S/C17H27N3O/c1-14(12-18)17(21)19-16-8-6-15(7-9-16)13-20-10-4-2-3-5-11-20/h6-9,14H,2-5,10-13,18H2,1H3,(H,19,21). The third-order valence-electron chi connectivity index (χ3n) is 4.13. The summed E-state index contributed by atoms with van der Waals surface area (Å²) in [6.07, 6.45) is 5.35. The van der Waals surface area contributed by atoms with Crippen LogP contribution in [-0.2, 0) is 11.3 Å². The maximum atomic E-state index is 11.8. The summed E-state index contributed by atoms with van der Waals surface area (Å²) in [4.78, 5) is 14.3. The van der Waals surface area contributed by atoms with Gasteiger partial charge in [0, 0.05) is 24.7 Å². The van der Waals surface area contributed by atoms with E-state index in [1.165, 1.54) is 44.3 Å². The van der Waals surface area contributed by atoms with Crippen LogP contribution in [0, 0.1) is 5.92 Å². The summed E-state index contributed by atoms with van der Waals surface area (Å²) in [5.74, 6) is -0.167. The van der Waals surface area contributed by atoms with Gasteiger partial charge in [-0.3, -0.25) is 9.69 Å². The molecule has 21 heavy (non-hydrogen) atoms. The smallest absolute Gasteiger partial charge is 0.228 e. The molecule has 1 atom stereocenters. The Morgan fingerprint density at radius 1 is 1.19 bits per heavy atom. The van der Waals surface area contributed by atoms with E-state index in [2.05, 4.69) is 22.3 Å². The lowest BCUT2D eigenvalue weighted by Gasteiger charge is -2.20. The minimum atomic E-state index is -0.151. The van der Waals surface area contributed by atoms with Crippen molar-refractivity contribution < 1.29 is 4.79 Å². The van der Waals surface area contributed by atoms with Crippen molar-refractivity contribution in [3.8, 4) is 0 Å². The van der Waals surface area contributed by atoms with Crippen LogP contribution >= 0.6 is 0 Å². The molecular weight excluding hydrogens is 262 g/mol. The summed E-state index contributed by atoms with van der Waals surface area (Å²) >= 11 is 0. The predicted molar refractivity (Wildman–Crippen MR) is 87.0 cm³/mol. The Balaban J connectivity index is 1.87. The maximum absolute atomic E-state index is 11.8. The second kappa shape index (κ2) is 8.15. The number of rotatable bonds is 5. The van der Waals surface area contributed by atoms with Crippen molar-refractivity contribution in [3.63, 3.8) is 0 Å². The van der Waals surface area contributed by atoms with Crippen LogP contribution in [0.1, 0.15) is 38.2 Å². The largest absolute Gasteiger partial charge is 0.330 e. The molecule has 3 N–H and O–H groups in total. The second-order valence-corrected chi connectivity index (χ2v) is 6.01. The third kappa shape index (κ3) is 5.14. The lowest BCUT2D eigenvalue weighted by Crippen LogP contribution is -2.26. The molecule has 0 saturated carbocycles. The summed E-state index contributed by atoms with van der Waals surface area (Å²) < 4.78 is 0. The normalized spacial score (nSPS) is 18.0. The Kier molecular flexibility index (Phi) is 6.21. The maximum Gasteiger partial charge on any atom is 0.228 e. The van der Waals surface area contributed by atoms with Crippen molar-refractivity contribution in [2.45, 2.75) is 39.2 Å². The van der Waals surface area contributed by atoms with Crippen LogP contribution in [-0.4, -0.2) is 30.4 Å². The van der Waals surface area contributed by atoms with E-state index in [4.69, 9.17) is 5.73 Å². The SMILES string of the molecule is CC(CN)C(=O)Nc1ccc(CN2CCCCCC2)cc1. The molecule has 0 radical (unpaired) electrons. The van der Waals surface area contributed by atoms with Gasteiger partial charge in [0.05, 0.1) is 0 Å². The number of hydrogen-bond acceptors (Lipinski definition) is 3. The van der Waals surface area contributed by atoms with Crippen molar-refractivity contribution in [1.82, 2.24) is 4.90 Å². The molecule has 0 bridgehead atoms. The van der Waals surface area contributed by atoms with Crippen molar-refractivity contribution in [3.05, 3.63) is 29.8 Å². The van der Waals surface area contributed by atoms with Gasteiger partial charge in [-0.2, -0.15) is 0 Å². The van der Waals surface area contributed by atoms with E-state index in [0.717, 1.165) is 12.2 Å². The van der Waals surface area contributed by atoms with E-state index in [-0.39, 0.29) is 11.8 Å². The van der Waals surface area contributed by atoms with Crippen LogP contribution in [0.4, 0.5) is 5.69 Å². The van der Waals surface area contributed by atoms with Crippen LogP contribution < -0.4 is 11.1 Å². The lowest BCUT2D eigenvalue weighted by molar-refractivity contribution is -0.119. The molecule has 0 spiro atoms. The Bertz CT molecular complexity index is 436. The molecule has 1 aliphatic heterocycles. The second-order valence-electron chi connectivity index (χ2n) is 6.01. The molecule has 4 nitrogen and oxygen atoms in total. The molecule has 4 heteroatoms. The monoisotopic (exact) mass is 289 g/mol. The lowest BCUT2D eigenvalue weighted by atomic mass is 10.1. The van der Waals surface area contributed by atoms with Crippen LogP contribution in [0.2, 0.25) is 0 Å².